The van der Waals surface area contributed by atoms with Crippen molar-refractivity contribution in [2.75, 3.05) is 33.8 Å². The summed E-state index contributed by atoms with van der Waals surface area (Å²) in [5.41, 5.74) is -3.98. The van der Waals surface area contributed by atoms with Crippen LogP contribution in [0.5, 0.6) is 17.2 Å². The van der Waals surface area contributed by atoms with Crippen LogP contribution < -0.4 is 19.5 Å². The van der Waals surface area contributed by atoms with Gasteiger partial charge < -0.3 is 29.4 Å². The third-order valence-corrected chi connectivity index (χ3v) is 3.36. The highest BCUT2D eigenvalue weighted by atomic mass is 19.4. The molecule has 146 valence electrons. The molecule has 11 heteroatoms. The first kappa shape index (κ1) is 21.4. The highest BCUT2D eigenvalue weighted by molar-refractivity contribution is 5.96. The third kappa shape index (κ3) is 4.28. The van der Waals surface area contributed by atoms with Crippen molar-refractivity contribution in [3.05, 3.63) is 12.1 Å². The molecule has 1 aromatic carbocycles. The van der Waals surface area contributed by atoms with Crippen molar-refractivity contribution in [3.63, 3.8) is 0 Å². The van der Waals surface area contributed by atoms with Crippen molar-refractivity contribution in [1.29, 1.82) is 0 Å². The van der Waals surface area contributed by atoms with Gasteiger partial charge in [-0.15, -0.1) is 0 Å². The Morgan fingerprint density at radius 2 is 1.54 bits per heavy atom. The predicted molar refractivity (Wildman–Crippen MR) is 82.4 cm³/mol. The minimum Gasteiger partial charge on any atom is -0.493 e. The van der Waals surface area contributed by atoms with Gasteiger partial charge >= 0.3 is 12.1 Å². The number of anilines is 1. The van der Waals surface area contributed by atoms with Crippen molar-refractivity contribution in [3.8, 4) is 17.2 Å². The lowest BCUT2D eigenvalue weighted by Crippen LogP contribution is -2.54. The monoisotopic (exact) mass is 381 g/mol. The molecule has 1 rings (SSSR count). The minimum absolute atomic E-state index is 0.00103. The normalized spacial score (nSPS) is 13.4. The fourth-order valence-electron chi connectivity index (χ4n) is 2.05. The Morgan fingerprint density at radius 3 is 1.88 bits per heavy atom. The Morgan fingerprint density at radius 1 is 1.04 bits per heavy atom. The molecule has 0 heterocycles. The van der Waals surface area contributed by atoms with Crippen LogP contribution in [0.25, 0.3) is 0 Å². The molecule has 0 aliphatic carbocycles. The quantitative estimate of drug-likeness (QED) is 0.690. The number of benzene rings is 1. The standard InChI is InChI=1S/C15H18F3NO7/c1-23-9-5-8(6-10(24-2)12(9)25-3)19-11(20)7-14(22,13(21)26-4)15(16,17)18/h5-6,22H,7H2,1-4H3,(H,19,20)/t14-/m1/s1. The molecule has 1 atom stereocenters. The largest absolute Gasteiger partial charge is 0.493 e. The average Bonchev–Trinajstić information content (AvgIpc) is 2.58. The van der Waals surface area contributed by atoms with Gasteiger partial charge in [0.25, 0.3) is 5.60 Å². The first-order valence-corrected chi connectivity index (χ1v) is 7.01. The second kappa shape index (κ2) is 8.13. The van der Waals surface area contributed by atoms with E-state index in [9.17, 15) is 27.9 Å². The lowest BCUT2D eigenvalue weighted by atomic mass is 9.98. The van der Waals surface area contributed by atoms with Crippen molar-refractivity contribution in [2.24, 2.45) is 0 Å². The van der Waals surface area contributed by atoms with Crippen molar-refractivity contribution in [2.45, 2.75) is 18.2 Å². The zero-order valence-corrected chi connectivity index (χ0v) is 14.4. The number of nitrogens with one attached hydrogen (secondary N) is 1. The van der Waals surface area contributed by atoms with E-state index in [-0.39, 0.29) is 22.9 Å². The van der Waals surface area contributed by atoms with Crippen LogP contribution in [-0.2, 0) is 14.3 Å². The smallest absolute Gasteiger partial charge is 0.428 e. The van der Waals surface area contributed by atoms with Gasteiger partial charge in [0.15, 0.2) is 11.5 Å². The summed E-state index contributed by atoms with van der Waals surface area (Å²) in [5, 5.41) is 11.7. The number of amides is 1. The van der Waals surface area contributed by atoms with E-state index in [1.54, 1.807) is 0 Å². The van der Waals surface area contributed by atoms with Crippen molar-refractivity contribution in [1.82, 2.24) is 0 Å². The summed E-state index contributed by atoms with van der Waals surface area (Å²) in [6, 6.07) is 2.54. The van der Waals surface area contributed by atoms with Crippen LogP contribution in [0.2, 0.25) is 0 Å². The SMILES string of the molecule is COC(=O)[C@](O)(CC(=O)Nc1cc(OC)c(OC)c(OC)c1)C(F)(F)F. The summed E-state index contributed by atoms with van der Waals surface area (Å²) >= 11 is 0. The summed E-state index contributed by atoms with van der Waals surface area (Å²) in [6.07, 6.45) is -7.01. The molecule has 1 amide bonds. The number of methoxy groups -OCH3 is 4. The van der Waals surface area contributed by atoms with E-state index in [0.29, 0.717) is 7.11 Å². The highest BCUT2D eigenvalue weighted by Crippen LogP contribution is 2.40. The number of hydrogen-bond acceptors (Lipinski definition) is 7. The summed E-state index contributed by atoms with van der Waals surface area (Å²) in [4.78, 5) is 23.3. The van der Waals surface area contributed by atoms with Crippen LogP contribution in [0.4, 0.5) is 18.9 Å². The van der Waals surface area contributed by atoms with Gasteiger partial charge in [-0.2, -0.15) is 13.2 Å². The molecule has 0 fully saturated rings. The fraction of sp³-hybridized carbons (Fsp3) is 0.467. The first-order valence-electron chi connectivity index (χ1n) is 7.01. The number of halogens is 3. The van der Waals surface area contributed by atoms with Crippen LogP contribution in [0.3, 0.4) is 0 Å². The van der Waals surface area contributed by atoms with Crippen molar-refractivity contribution < 1.29 is 46.8 Å². The van der Waals surface area contributed by atoms with E-state index in [0.717, 1.165) is 0 Å². The molecule has 0 aromatic heterocycles. The molecule has 26 heavy (non-hydrogen) atoms. The third-order valence-electron chi connectivity index (χ3n) is 3.36. The molecule has 1 aromatic rings. The van der Waals surface area contributed by atoms with E-state index in [1.807, 2.05) is 0 Å². The zero-order chi connectivity index (χ0) is 20.1. The van der Waals surface area contributed by atoms with E-state index >= 15 is 0 Å². The van der Waals surface area contributed by atoms with Crippen LogP contribution >= 0.6 is 0 Å². The van der Waals surface area contributed by atoms with E-state index in [2.05, 4.69) is 10.1 Å². The molecule has 0 spiro atoms. The Kier molecular flexibility index (Phi) is 6.67. The maximum atomic E-state index is 13.0. The number of rotatable bonds is 7. The molecule has 0 bridgehead atoms. The average molecular weight is 381 g/mol. The zero-order valence-electron chi connectivity index (χ0n) is 14.4. The van der Waals surface area contributed by atoms with Crippen LogP contribution in [0.1, 0.15) is 6.42 Å². The molecular formula is C15H18F3NO7. The van der Waals surface area contributed by atoms with Gasteiger partial charge in [-0.3, -0.25) is 4.79 Å². The fourth-order valence-corrected chi connectivity index (χ4v) is 2.05. The van der Waals surface area contributed by atoms with Crippen LogP contribution in [0, 0.1) is 0 Å². The predicted octanol–water partition coefficient (Wildman–Crippen LogP) is 1.51. The number of hydrogen-bond donors (Lipinski definition) is 2. The summed E-state index contributed by atoms with van der Waals surface area (Å²) in [7, 11) is 4.62. The van der Waals surface area contributed by atoms with Crippen LogP contribution in [0.15, 0.2) is 12.1 Å². The maximum absolute atomic E-state index is 13.0. The van der Waals surface area contributed by atoms with E-state index < -0.39 is 30.1 Å². The second-order valence-electron chi connectivity index (χ2n) is 4.99. The molecule has 0 aliphatic rings. The van der Waals surface area contributed by atoms with Crippen molar-refractivity contribution >= 4 is 17.6 Å². The highest BCUT2D eigenvalue weighted by Gasteiger charge is 2.61. The Labute approximate surface area is 146 Å². The molecule has 0 aliphatic heterocycles. The van der Waals surface area contributed by atoms with Gasteiger partial charge in [-0.1, -0.05) is 0 Å². The minimum atomic E-state index is -5.41. The number of alkyl halides is 3. The number of carbonyl (C=O) groups excluding carboxylic acids is 2. The van der Waals surface area contributed by atoms with Gasteiger partial charge in [-0.05, 0) is 0 Å². The molecule has 8 nitrogen and oxygen atoms in total. The van der Waals surface area contributed by atoms with E-state index in [1.165, 1.54) is 33.5 Å². The molecule has 0 saturated carbocycles. The number of esters is 1. The van der Waals surface area contributed by atoms with E-state index in [4.69, 9.17) is 14.2 Å². The maximum Gasteiger partial charge on any atom is 0.428 e. The lowest BCUT2D eigenvalue weighted by Gasteiger charge is -2.27. The Bertz CT molecular complexity index is 653. The Balaban J connectivity index is 3.12. The summed E-state index contributed by atoms with van der Waals surface area (Å²) in [5.74, 6) is -2.80. The van der Waals surface area contributed by atoms with Gasteiger partial charge in [0.2, 0.25) is 11.7 Å². The lowest BCUT2D eigenvalue weighted by molar-refractivity contribution is -0.261. The molecular weight excluding hydrogens is 363 g/mol. The second-order valence-corrected chi connectivity index (χ2v) is 4.99. The number of carbonyl (C=O) groups is 2. The van der Waals surface area contributed by atoms with Crippen LogP contribution in [-0.4, -0.2) is 57.2 Å². The molecule has 0 unspecified atom stereocenters. The summed E-state index contributed by atoms with van der Waals surface area (Å²) < 4.78 is 58.1. The molecule has 0 radical (unpaired) electrons. The number of aliphatic hydroxyl groups is 1. The molecule has 0 saturated heterocycles. The van der Waals surface area contributed by atoms with Gasteiger partial charge in [0.05, 0.1) is 34.9 Å². The first-order chi connectivity index (χ1) is 12.0. The van der Waals surface area contributed by atoms with Gasteiger partial charge in [0, 0.05) is 17.8 Å². The van der Waals surface area contributed by atoms with Gasteiger partial charge in [0.1, 0.15) is 0 Å². The topological polar surface area (TPSA) is 103 Å². The number of ether oxygens (including phenoxy) is 4. The summed E-state index contributed by atoms with van der Waals surface area (Å²) in [6.45, 7) is 0. The van der Waals surface area contributed by atoms with Gasteiger partial charge in [-0.25, -0.2) is 4.79 Å². The Hall–Kier alpha value is -2.69. The molecule has 2 N–H and O–H groups in total.